The maximum absolute atomic E-state index is 10.8. The van der Waals surface area contributed by atoms with E-state index in [1.807, 2.05) is 6.92 Å². The summed E-state index contributed by atoms with van der Waals surface area (Å²) in [6.45, 7) is 8.57. The zero-order valence-corrected chi connectivity index (χ0v) is 12.6. The van der Waals surface area contributed by atoms with Crippen molar-refractivity contribution < 1.29 is 5.11 Å². The van der Waals surface area contributed by atoms with E-state index in [2.05, 4.69) is 26.8 Å². The van der Waals surface area contributed by atoms with E-state index in [4.69, 9.17) is 0 Å². The number of unbranched alkanes of at least 4 members (excludes halogenated alkanes) is 2. The fourth-order valence-electron chi connectivity index (χ4n) is 3.08. The molecule has 1 N–H and O–H groups in total. The van der Waals surface area contributed by atoms with E-state index in [-0.39, 0.29) is 0 Å². The monoisotopic (exact) mass is 251 g/mol. The Balaban J connectivity index is 2.73. The number of rotatable bonds is 5. The van der Waals surface area contributed by atoms with E-state index in [9.17, 15) is 10.4 Å². The van der Waals surface area contributed by atoms with Gasteiger partial charge < -0.3 is 5.11 Å². The van der Waals surface area contributed by atoms with Gasteiger partial charge in [-0.25, -0.2) is 0 Å². The van der Waals surface area contributed by atoms with Crippen molar-refractivity contribution in [2.45, 2.75) is 84.7 Å². The van der Waals surface area contributed by atoms with Gasteiger partial charge in [0.05, 0.1) is 17.1 Å². The predicted octanol–water partition coefficient (Wildman–Crippen LogP) is 4.43. The van der Waals surface area contributed by atoms with Crippen LogP contribution in [0.2, 0.25) is 0 Å². The lowest BCUT2D eigenvalue weighted by molar-refractivity contribution is -0.0782. The van der Waals surface area contributed by atoms with Crippen molar-refractivity contribution in [1.82, 2.24) is 0 Å². The minimum absolute atomic E-state index is 0.333. The molecule has 0 aliphatic heterocycles. The third kappa shape index (κ3) is 3.26. The van der Waals surface area contributed by atoms with Gasteiger partial charge in [0, 0.05) is 0 Å². The Morgan fingerprint density at radius 3 is 2.17 bits per heavy atom. The highest BCUT2D eigenvalue weighted by molar-refractivity contribution is 5.12. The number of hydrogen-bond donors (Lipinski definition) is 1. The Labute approximate surface area is 112 Å². The predicted molar refractivity (Wildman–Crippen MR) is 75.1 cm³/mol. The lowest BCUT2D eigenvalue weighted by Gasteiger charge is -2.47. The first-order valence-corrected chi connectivity index (χ1v) is 7.42. The molecule has 0 spiro atoms. The SMILES string of the molecule is CCCCCC(C)(O)C1(C#N)CCC(C)(C)CC1. The molecule has 1 rings (SSSR count). The number of nitrogens with zero attached hydrogens (tertiary/aromatic N) is 1. The Morgan fingerprint density at radius 1 is 1.17 bits per heavy atom. The second-order valence-electron chi connectivity index (χ2n) is 7.09. The van der Waals surface area contributed by atoms with Crippen molar-refractivity contribution in [3.63, 3.8) is 0 Å². The third-order valence-corrected chi connectivity index (χ3v) is 4.97. The highest BCUT2D eigenvalue weighted by Crippen LogP contribution is 2.51. The van der Waals surface area contributed by atoms with Gasteiger partial charge in [-0.15, -0.1) is 0 Å². The van der Waals surface area contributed by atoms with Gasteiger partial charge in [0.25, 0.3) is 0 Å². The number of hydrogen-bond acceptors (Lipinski definition) is 2. The van der Waals surface area contributed by atoms with Gasteiger partial charge in [0.15, 0.2) is 0 Å². The highest BCUT2D eigenvalue weighted by atomic mass is 16.3. The molecule has 104 valence electrons. The Morgan fingerprint density at radius 2 is 1.72 bits per heavy atom. The molecule has 2 nitrogen and oxygen atoms in total. The lowest BCUT2D eigenvalue weighted by atomic mass is 9.58. The molecular weight excluding hydrogens is 222 g/mol. The average molecular weight is 251 g/mol. The molecule has 0 amide bonds. The van der Waals surface area contributed by atoms with Crippen LogP contribution in [0.5, 0.6) is 0 Å². The molecule has 0 aromatic carbocycles. The first kappa shape index (κ1) is 15.5. The molecule has 1 saturated carbocycles. The first-order valence-electron chi connectivity index (χ1n) is 7.42. The van der Waals surface area contributed by atoms with E-state index in [0.29, 0.717) is 5.41 Å². The summed E-state index contributed by atoms with van der Waals surface area (Å²) in [7, 11) is 0. The van der Waals surface area contributed by atoms with Crippen molar-refractivity contribution in [2.24, 2.45) is 10.8 Å². The van der Waals surface area contributed by atoms with Crippen molar-refractivity contribution in [3.8, 4) is 6.07 Å². The molecule has 0 aromatic rings. The Bertz CT molecular complexity index is 302. The molecule has 0 radical (unpaired) electrons. The fraction of sp³-hybridized carbons (Fsp3) is 0.938. The van der Waals surface area contributed by atoms with Gasteiger partial charge >= 0.3 is 0 Å². The zero-order chi connectivity index (χ0) is 13.9. The van der Waals surface area contributed by atoms with Crippen LogP contribution in [0.15, 0.2) is 0 Å². The minimum Gasteiger partial charge on any atom is -0.389 e. The largest absolute Gasteiger partial charge is 0.389 e. The van der Waals surface area contributed by atoms with Crippen molar-refractivity contribution in [1.29, 1.82) is 5.26 Å². The van der Waals surface area contributed by atoms with E-state index >= 15 is 0 Å². The molecule has 1 aliphatic rings. The van der Waals surface area contributed by atoms with Crippen LogP contribution in [0.3, 0.4) is 0 Å². The van der Waals surface area contributed by atoms with Crippen molar-refractivity contribution >= 4 is 0 Å². The molecule has 0 heterocycles. The summed E-state index contributed by atoms with van der Waals surface area (Å²) >= 11 is 0. The normalized spacial score (nSPS) is 25.1. The topological polar surface area (TPSA) is 44.0 Å². The van der Waals surface area contributed by atoms with Crippen molar-refractivity contribution in [2.75, 3.05) is 0 Å². The molecule has 1 unspecified atom stereocenters. The molecule has 0 bridgehead atoms. The number of aliphatic hydroxyl groups is 1. The maximum Gasteiger partial charge on any atom is 0.0857 e. The quantitative estimate of drug-likeness (QED) is 0.735. The molecule has 0 saturated heterocycles. The van der Waals surface area contributed by atoms with E-state index < -0.39 is 11.0 Å². The van der Waals surface area contributed by atoms with Crippen molar-refractivity contribution in [3.05, 3.63) is 0 Å². The summed E-state index contributed by atoms with van der Waals surface area (Å²) < 4.78 is 0. The molecule has 2 heteroatoms. The van der Waals surface area contributed by atoms with Gasteiger partial charge in [-0.05, 0) is 44.4 Å². The van der Waals surface area contributed by atoms with Crippen LogP contribution in [0.1, 0.15) is 79.1 Å². The van der Waals surface area contributed by atoms with E-state index in [1.54, 1.807) is 0 Å². The van der Waals surface area contributed by atoms with Gasteiger partial charge in [0.1, 0.15) is 0 Å². The van der Waals surface area contributed by atoms with Gasteiger partial charge in [-0.1, -0.05) is 40.0 Å². The Hall–Kier alpha value is -0.550. The van der Waals surface area contributed by atoms with Crippen LogP contribution >= 0.6 is 0 Å². The van der Waals surface area contributed by atoms with Crippen LogP contribution in [0.4, 0.5) is 0 Å². The summed E-state index contributed by atoms with van der Waals surface area (Å²) in [5, 5.41) is 20.4. The standard InChI is InChI=1S/C16H29NO/c1-5-6-7-8-15(4,18)16(13-17)11-9-14(2,3)10-12-16/h18H,5-12H2,1-4H3. The second kappa shape index (κ2) is 5.61. The number of nitriles is 1. The molecule has 1 fully saturated rings. The third-order valence-electron chi connectivity index (χ3n) is 4.97. The van der Waals surface area contributed by atoms with Gasteiger partial charge in [-0.3, -0.25) is 0 Å². The van der Waals surface area contributed by atoms with Crippen LogP contribution in [-0.2, 0) is 0 Å². The minimum atomic E-state index is -0.826. The fourth-order valence-corrected chi connectivity index (χ4v) is 3.08. The molecule has 1 atom stereocenters. The van der Waals surface area contributed by atoms with E-state index in [0.717, 1.165) is 51.4 Å². The van der Waals surface area contributed by atoms with Crippen LogP contribution in [-0.4, -0.2) is 10.7 Å². The summed E-state index contributed by atoms with van der Waals surface area (Å²) in [5.74, 6) is 0. The molecule has 1 aliphatic carbocycles. The highest BCUT2D eigenvalue weighted by Gasteiger charge is 2.50. The van der Waals surface area contributed by atoms with Crippen LogP contribution < -0.4 is 0 Å². The molecule has 18 heavy (non-hydrogen) atoms. The average Bonchev–Trinajstić information content (AvgIpc) is 2.29. The lowest BCUT2D eigenvalue weighted by Crippen LogP contribution is -2.48. The second-order valence-corrected chi connectivity index (χ2v) is 7.09. The van der Waals surface area contributed by atoms with Gasteiger partial charge in [0.2, 0.25) is 0 Å². The Kier molecular flexibility index (Phi) is 4.84. The maximum atomic E-state index is 10.8. The van der Waals surface area contributed by atoms with Crippen LogP contribution in [0, 0.1) is 22.2 Å². The van der Waals surface area contributed by atoms with E-state index in [1.165, 1.54) is 0 Å². The first-order chi connectivity index (χ1) is 8.29. The molecule has 0 aromatic heterocycles. The smallest absolute Gasteiger partial charge is 0.0857 e. The van der Waals surface area contributed by atoms with Gasteiger partial charge in [-0.2, -0.15) is 5.26 Å². The summed E-state index contributed by atoms with van der Waals surface area (Å²) in [6.07, 6.45) is 7.86. The summed E-state index contributed by atoms with van der Waals surface area (Å²) in [4.78, 5) is 0. The summed E-state index contributed by atoms with van der Waals surface area (Å²) in [5.41, 5.74) is -1.01. The zero-order valence-electron chi connectivity index (χ0n) is 12.6. The van der Waals surface area contributed by atoms with Crippen LogP contribution in [0.25, 0.3) is 0 Å². The summed E-state index contributed by atoms with van der Waals surface area (Å²) in [6, 6.07) is 2.47. The molecular formula is C16H29NO.